The van der Waals surface area contributed by atoms with Crippen LogP contribution in [0.3, 0.4) is 0 Å². The Labute approximate surface area is 229 Å². The Morgan fingerprint density at radius 1 is 1.03 bits per heavy atom. The molecule has 0 unspecified atom stereocenters. The molecule has 1 amide bonds. The van der Waals surface area contributed by atoms with Gasteiger partial charge < -0.3 is 25.0 Å². The number of pyridine rings is 1. The van der Waals surface area contributed by atoms with Gasteiger partial charge in [-0.15, -0.1) is 0 Å². The Kier molecular flexibility index (Phi) is 9.01. The summed E-state index contributed by atoms with van der Waals surface area (Å²) >= 11 is 0. The first-order valence-corrected chi connectivity index (χ1v) is 13.7. The van der Waals surface area contributed by atoms with Crippen LogP contribution in [0.25, 0.3) is 0 Å². The second kappa shape index (κ2) is 12.8. The number of hydrogen-bond acceptors (Lipinski definition) is 7. The van der Waals surface area contributed by atoms with E-state index in [1.165, 1.54) is 0 Å². The molecule has 5 rings (SSSR count). The maximum absolute atomic E-state index is 12.4. The number of ether oxygens (including phenoxy) is 2. The summed E-state index contributed by atoms with van der Waals surface area (Å²) < 4.78 is 13.1. The van der Waals surface area contributed by atoms with Crippen LogP contribution in [0.15, 0.2) is 73.1 Å². The molecule has 0 radical (unpaired) electrons. The third-order valence-electron chi connectivity index (χ3n) is 7.88. The molecule has 2 fully saturated rings. The number of likely N-dealkylation sites (tertiary alicyclic amines) is 1. The van der Waals surface area contributed by atoms with Crippen LogP contribution in [0.2, 0.25) is 0 Å². The maximum Gasteiger partial charge on any atom is 0.253 e. The van der Waals surface area contributed by atoms with Crippen molar-refractivity contribution in [2.24, 2.45) is 5.92 Å². The van der Waals surface area contributed by atoms with Crippen LogP contribution in [0.5, 0.6) is 0 Å². The summed E-state index contributed by atoms with van der Waals surface area (Å²) in [6.07, 6.45) is 4.45. The number of hydrogen-bond donors (Lipinski definition) is 3. The topological polar surface area (TPSA) is 104 Å². The number of aromatic nitrogens is 1. The van der Waals surface area contributed by atoms with E-state index in [1.54, 1.807) is 24.5 Å². The Bertz CT molecular complexity index is 1210. The van der Waals surface area contributed by atoms with Gasteiger partial charge in [-0.2, -0.15) is 0 Å². The molecule has 2 aliphatic heterocycles. The molecule has 2 aromatic carbocycles. The highest BCUT2D eigenvalue weighted by Gasteiger charge is 2.40. The predicted octanol–water partition coefficient (Wildman–Crippen LogP) is 3.75. The summed E-state index contributed by atoms with van der Waals surface area (Å²) in [6.45, 7) is 4.41. The molecule has 8 nitrogen and oxygen atoms in total. The molecule has 3 heterocycles. The van der Waals surface area contributed by atoms with Gasteiger partial charge in [0.1, 0.15) is 0 Å². The largest absolute Gasteiger partial charge is 0.395 e. The third-order valence-corrected chi connectivity index (χ3v) is 7.88. The highest BCUT2D eigenvalue weighted by molar-refractivity contribution is 5.93. The molecule has 1 aromatic heterocycles. The van der Waals surface area contributed by atoms with Crippen LogP contribution in [-0.2, 0) is 22.6 Å². The van der Waals surface area contributed by atoms with Crippen molar-refractivity contribution in [1.29, 1.82) is 0 Å². The molecule has 2 aliphatic rings. The van der Waals surface area contributed by atoms with Gasteiger partial charge in [-0.1, -0.05) is 55.5 Å². The van der Waals surface area contributed by atoms with E-state index in [9.17, 15) is 15.0 Å². The molecule has 3 N–H and O–H groups in total. The minimum absolute atomic E-state index is 0.00225. The second-order valence-electron chi connectivity index (χ2n) is 10.5. The van der Waals surface area contributed by atoms with Gasteiger partial charge >= 0.3 is 0 Å². The minimum Gasteiger partial charge on any atom is -0.395 e. The van der Waals surface area contributed by atoms with Crippen molar-refractivity contribution < 1.29 is 24.5 Å². The zero-order chi connectivity index (χ0) is 27.2. The lowest BCUT2D eigenvalue weighted by Gasteiger charge is -2.43. The lowest BCUT2D eigenvalue weighted by molar-refractivity contribution is -0.276. The van der Waals surface area contributed by atoms with Gasteiger partial charge in [0.2, 0.25) is 0 Å². The normalized spacial score (nSPS) is 25.5. The summed E-state index contributed by atoms with van der Waals surface area (Å²) in [5, 5.41) is 22.3. The fourth-order valence-electron chi connectivity index (χ4n) is 5.48. The van der Waals surface area contributed by atoms with Gasteiger partial charge in [0.05, 0.1) is 31.0 Å². The van der Waals surface area contributed by atoms with E-state index in [1.807, 2.05) is 48.5 Å². The van der Waals surface area contributed by atoms with Crippen molar-refractivity contribution in [2.45, 2.75) is 57.5 Å². The van der Waals surface area contributed by atoms with Gasteiger partial charge in [-0.25, -0.2) is 0 Å². The van der Waals surface area contributed by atoms with Crippen molar-refractivity contribution in [3.63, 3.8) is 0 Å². The van der Waals surface area contributed by atoms with Crippen molar-refractivity contribution in [3.05, 3.63) is 101 Å². The van der Waals surface area contributed by atoms with E-state index in [-0.39, 0.29) is 43.3 Å². The third kappa shape index (κ3) is 6.54. The first kappa shape index (κ1) is 27.4. The number of rotatable bonds is 9. The molecule has 0 bridgehead atoms. The van der Waals surface area contributed by atoms with Crippen LogP contribution in [0.4, 0.5) is 0 Å². The molecule has 0 spiro atoms. The van der Waals surface area contributed by atoms with Crippen LogP contribution in [-0.4, -0.2) is 57.8 Å². The Morgan fingerprint density at radius 3 is 2.46 bits per heavy atom. The number of amides is 1. The number of aliphatic hydroxyl groups excluding tert-OH is 2. The van der Waals surface area contributed by atoms with E-state index in [4.69, 9.17) is 9.47 Å². The first-order valence-electron chi connectivity index (χ1n) is 13.7. The summed E-state index contributed by atoms with van der Waals surface area (Å²) in [7, 11) is 0. The molecule has 39 heavy (non-hydrogen) atoms. The molecule has 0 aliphatic carbocycles. The minimum atomic E-state index is -0.553. The number of benzene rings is 2. The lowest BCUT2D eigenvalue weighted by atomic mass is 9.90. The van der Waals surface area contributed by atoms with Gasteiger partial charge in [-0.3, -0.25) is 14.7 Å². The van der Waals surface area contributed by atoms with Gasteiger partial charge in [-0.05, 0) is 48.2 Å². The predicted molar refractivity (Wildman–Crippen MR) is 146 cm³/mol. The van der Waals surface area contributed by atoms with Crippen LogP contribution in [0, 0.1) is 5.92 Å². The first-order chi connectivity index (χ1) is 19.1. The van der Waals surface area contributed by atoms with E-state index in [0.717, 1.165) is 48.2 Å². The van der Waals surface area contributed by atoms with Gasteiger partial charge in [0, 0.05) is 43.0 Å². The zero-order valence-corrected chi connectivity index (χ0v) is 22.3. The Balaban J connectivity index is 1.31. The molecular formula is C31H37N3O5. The van der Waals surface area contributed by atoms with E-state index in [0.29, 0.717) is 12.1 Å². The fraction of sp³-hybridized carbons (Fsp3) is 0.419. The number of aliphatic hydroxyl groups is 2. The van der Waals surface area contributed by atoms with Crippen LogP contribution >= 0.6 is 0 Å². The highest BCUT2D eigenvalue weighted by Crippen LogP contribution is 2.42. The van der Waals surface area contributed by atoms with Crippen LogP contribution in [0.1, 0.15) is 64.8 Å². The van der Waals surface area contributed by atoms with Gasteiger partial charge in [0.15, 0.2) is 6.29 Å². The number of nitrogens with zero attached hydrogens (tertiary/aromatic N) is 2. The zero-order valence-electron chi connectivity index (χ0n) is 22.3. The van der Waals surface area contributed by atoms with Crippen molar-refractivity contribution in [1.82, 2.24) is 15.2 Å². The van der Waals surface area contributed by atoms with E-state index >= 15 is 0 Å². The van der Waals surface area contributed by atoms with E-state index < -0.39 is 6.29 Å². The second-order valence-corrected chi connectivity index (χ2v) is 10.5. The highest BCUT2D eigenvalue weighted by atomic mass is 16.7. The fourth-order valence-corrected chi connectivity index (χ4v) is 5.48. The van der Waals surface area contributed by atoms with Gasteiger partial charge in [0.25, 0.3) is 5.91 Å². The SMILES string of the molecule is C[C@H]1[C@@H](CN2CCC[C@H]2CO)O[C@@H](c2ccc(CNC(=O)c3cccnc3)cc2)O[C@H]1c1ccc(CO)cc1. The monoisotopic (exact) mass is 531 g/mol. The summed E-state index contributed by atoms with van der Waals surface area (Å²) in [4.78, 5) is 18.7. The quantitative estimate of drug-likeness (QED) is 0.386. The number of nitrogens with one attached hydrogen (secondary N) is 1. The van der Waals surface area contributed by atoms with Crippen molar-refractivity contribution >= 4 is 5.91 Å². The lowest BCUT2D eigenvalue weighted by Crippen LogP contribution is -2.46. The molecular weight excluding hydrogens is 494 g/mol. The van der Waals surface area contributed by atoms with Crippen LogP contribution < -0.4 is 5.32 Å². The number of carbonyl (C=O) groups is 1. The summed E-state index contributed by atoms with van der Waals surface area (Å²) in [5.74, 6) is -0.0794. The Hall–Kier alpha value is -3.14. The maximum atomic E-state index is 12.4. The molecule has 8 heteroatoms. The average molecular weight is 532 g/mol. The smallest absolute Gasteiger partial charge is 0.253 e. The molecule has 2 saturated heterocycles. The number of carbonyl (C=O) groups excluding carboxylic acids is 1. The molecule has 206 valence electrons. The van der Waals surface area contributed by atoms with E-state index in [2.05, 4.69) is 22.1 Å². The Morgan fingerprint density at radius 2 is 1.77 bits per heavy atom. The molecule has 0 saturated carbocycles. The standard InChI is InChI=1S/C31H37N3O5/c1-21-28(18-34-15-3-5-27(34)20-36)38-31(39-29(21)24-10-8-23(19-35)9-11-24)25-12-6-22(7-13-25)16-33-30(37)26-4-2-14-32-17-26/h2,4,6-14,17,21,27-29,31,35-36H,3,5,15-16,18-20H2,1H3,(H,33,37)/t21-,27-,28+,29+,31+/m0/s1. The molecule has 3 aromatic rings. The molecule has 5 atom stereocenters. The average Bonchev–Trinajstić information content (AvgIpc) is 3.45. The van der Waals surface area contributed by atoms with Crippen molar-refractivity contribution in [2.75, 3.05) is 19.7 Å². The summed E-state index contributed by atoms with van der Waals surface area (Å²) in [5.41, 5.74) is 4.31. The van der Waals surface area contributed by atoms with Crippen molar-refractivity contribution in [3.8, 4) is 0 Å². The summed E-state index contributed by atoms with van der Waals surface area (Å²) in [6, 6.07) is 19.5.